The quantitative estimate of drug-likeness (QED) is 0.749. The Kier molecular flexibility index (Phi) is 3.36. The van der Waals surface area contributed by atoms with E-state index in [0.717, 1.165) is 31.9 Å². The van der Waals surface area contributed by atoms with Crippen LogP contribution in [0.4, 0.5) is 11.5 Å². The van der Waals surface area contributed by atoms with Gasteiger partial charge in [-0.15, -0.1) is 0 Å². The van der Waals surface area contributed by atoms with Crippen LogP contribution in [-0.2, 0) is 4.79 Å². The molecule has 0 saturated carbocycles. The summed E-state index contributed by atoms with van der Waals surface area (Å²) in [6.07, 6.45) is 2.44. The molecule has 2 rings (SSSR count). The van der Waals surface area contributed by atoms with E-state index in [9.17, 15) is 4.79 Å². The van der Waals surface area contributed by atoms with E-state index in [1.165, 1.54) is 0 Å². The molecule has 1 fully saturated rings. The highest BCUT2D eigenvalue weighted by Gasteiger charge is 2.14. The SMILES string of the molecule is CN1CCN(c2ccc(NC=O)nc2)CC1. The Hall–Kier alpha value is -1.62. The molecule has 0 aromatic carbocycles. The second-order valence-electron chi connectivity index (χ2n) is 3.95. The summed E-state index contributed by atoms with van der Waals surface area (Å²) in [5.41, 5.74) is 1.12. The van der Waals surface area contributed by atoms with Gasteiger partial charge in [-0.05, 0) is 19.2 Å². The average molecular weight is 220 g/mol. The van der Waals surface area contributed by atoms with Gasteiger partial charge < -0.3 is 15.1 Å². The Labute approximate surface area is 95.1 Å². The number of piperazine rings is 1. The minimum Gasteiger partial charge on any atom is -0.368 e. The maximum atomic E-state index is 10.2. The second kappa shape index (κ2) is 4.94. The monoisotopic (exact) mass is 220 g/mol. The third-order valence-electron chi connectivity index (χ3n) is 2.82. The number of nitrogens with zero attached hydrogens (tertiary/aromatic N) is 3. The lowest BCUT2D eigenvalue weighted by molar-refractivity contribution is -0.105. The summed E-state index contributed by atoms with van der Waals surface area (Å²) in [5.74, 6) is 0.591. The number of likely N-dealkylation sites (N-methyl/N-ethyl adjacent to an activating group) is 1. The molecule has 0 spiro atoms. The number of nitrogens with one attached hydrogen (secondary N) is 1. The van der Waals surface area contributed by atoms with Crippen LogP contribution >= 0.6 is 0 Å². The molecule has 1 aliphatic heterocycles. The van der Waals surface area contributed by atoms with Crippen LogP contribution in [0.25, 0.3) is 0 Å². The van der Waals surface area contributed by atoms with Crippen molar-refractivity contribution in [2.24, 2.45) is 0 Å². The summed E-state index contributed by atoms with van der Waals surface area (Å²) in [6.45, 7) is 4.21. The number of pyridine rings is 1. The molecule has 1 saturated heterocycles. The van der Waals surface area contributed by atoms with Gasteiger partial charge in [-0.3, -0.25) is 4.79 Å². The predicted octanol–water partition coefficient (Wildman–Crippen LogP) is 0.402. The molecule has 5 heteroatoms. The maximum Gasteiger partial charge on any atom is 0.212 e. The molecule has 86 valence electrons. The molecule has 0 bridgehead atoms. The van der Waals surface area contributed by atoms with E-state index in [1.54, 1.807) is 6.20 Å². The second-order valence-corrected chi connectivity index (χ2v) is 3.95. The van der Waals surface area contributed by atoms with Gasteiger partial charge in [-0.25, -0.2) is 4.98 Å². The molecule has 0 aliphatic carbocycles. The Morgan fingerprint density at radius 2 is 2.06 bits per heavy atom. The number of carbonyl (C=O) groups excluding carboxylic acids is 1. The van der Waals surface area contributed by atoms with Gasteiger partial charge in [0.1, 0.15) is 5.82 Å². The fourth-order valence-corrected chi connectivity index (χ4v) is 1.78. The molecule has 1 aromatic rings. The molecule has 1 amide bonds. The van der Waals surface area contributed by atoms with Crippen LogP contribution < -0.4 is 10.2 Å². The highest BCUT2D eigenvalue weighted by Crippen LogP contribution is 2.16. The lowest BCUT2D eigenvalue weighted by Crippen LogP contribution is -2.44. The predicted molar refractivity (Wildman–Crippen MR) is 63.6 cm³/mol. The van der Waals surface area contributed by atoms with Crippen molar-refractivity contribution in [3.05, 3.63) is 18.3 Å². The number of hydrogen-bond acceptors (Lipinski definition) is 4. The van der Waals surface area contributed by atoms with Crippen LogP contribution in [0, 0.1) is 0 Å². The zero-order valence-electron chi connectivity index (χ0n) is 9.39. The van der Waals surface area contributed by atoms with Crippen molar-refractivity contribution in [1.29, 1.82) is 0 Å². The number of amides is 1. The normalized spacial score (nSPS) is 17.2. The number of carbonyl (C=O) groups is 1. The van der Waals surface area contributed by atoms with Crippen molar-refractivity contribution >= 4 is 17.9 Å². The van der Waals surface area contributed by atoms with Crippen LogP contribution in [0.15, 0.2) is 18.3 Å². The summed E-state index contributed by atoms with van der Waals surface area (Å²) in [7, 11) is 2.13. The molecule has 1 N–H and O–H groups in total. The topological polar surface area (TPSA) is 48.5 Å². The average Bonchev–Trinajstić information content (AvgIpc) is 2.32. The Bertz CT molecular complexity index is 344. The molecule has 0 unspecified atom stereocenters. The van der Waals surface area contributed by atoms with Gasteiger partial charge in [-0.1, -0.05) is 0 Å². The van der Waals surface area contributed by atoms with E-state index >= 15 is 0 Å². The van der Waals surface area contributed by atoms with Crippen molar-refractivity contribution in [1.82, 2.24) is 9.88 Å². The summed E-state index contributed by atoms with van der Waals surface area (Å²) in [6, 6.07) is 3.81. The number of rotatable bonds is 3. The smallest absolute Gasteiger partial charge is 0.212 e. The molecule has 1 aliphatic rings. The van der Waals surface area contributed by atoms with E-state index in [4.69, 9.17) is 0 Å². The fraction of sp³-hybridized carbons (Fsp3) is 0.455. The minimum atomic E-state index is 0.591. The lowest BCUT2D eigenvalue weighted by Gasteiger charge is -2.33. The third-order valence-corrected chi connectivity index (χ3v) is 2.82. The first kappa shape index (κ1) is 10.9. The molecular formula is C11H16N4O. The van der Waals surface area contributed by atoms with Crippen LogP contribution in [0.2, 0.25) is 0 Å². The largest absolute Gasteiger partial charge is 0.368 e. The van der Waals surface area contributed by atoms with E-state index in [1.807, 2.05) is 12.1 Å². The zero-order chi connectivity index (χ0) is 11.4. The van der Waals surface area contributed by atoms with Gasteiger partial charge in [0, 0.05) is 26.2 Å². The summed E-state index contributed by atoms with van der Waals surface area (Å²) >= 11 is 0. The van der Waals surface area contributed by atoms with Crippen LogP contribution in [-0.4, -0.2) is 49.5 Å². The van der Waals surface area contributed by atoms with Crippen molar-refractivity contribution < 1.29 is 4.79 Å². The van der Waals surface area contributed by atoms with E-state index in [0.29, 0.717) is 12.2 Å². The van der Waals surface area contributed by atoms with Crippen molar-refractivity contribution in [2.45, 2.75) is 0 Å². The Balaban J connectivity index is 2.01. The molecule has 2 heterocycles. The van der Waals surface area contributed by atoms with E-state index in [2.05, 4.69) is 27.1 Å². The molecule has 5 nitrogen and oxygen atoms in total. The zero-order valence-corrected chi connectivity index (χ0v) is 9.39. The van der Waals surface area contributed by atoms with E-state index in [-0.39, 0.29) is 0 Å². The van der Waals surface area contributed by atoms with Gasteiger partial charge >= 0.3 is 0 Å². The molecular weight excluding hydrogens is 204 g/mol. The fourth-order valence-electron chi connectivity index (χ4n) is 1.78. The Morgan fingerprint density at radius 3 is 2.62 bits per heavy atom. The van der Waals surface area contributed by atoms with Crippen LogP contribution in [0.5, 0.6) is 0 Å². The Morgan fingerprint density at radius 1 is 1.31 bits per heavy atom. The van der Waals surface area contributed by atoms with Gasteiger partial charge in [-0.2, -0.15) is 0 Å². The van der Waals surface area contributed by atoms with Gasteiger partial charge in [0.2, 0.25) is 6.41 Å². The number of aromatic nitrogens is 1. The maximum absolute atomic E-state index is 10.2. The summed E-state index contributed by atoms with van der Waals surface area (Å²) < 4.78 is 0. The van der Waals surface area contributed by atoms with Gasteiger partial charge in [0.25, 0.3) is 0 Å². The first-order chi connectivity index (χ1) is 7.79. The van der Waals surface area contributed by atoms with Crippen molar-refractivity contribution in [3.63, 3.8) is 0 Å². The summed E-state index contributed by atoms with van der Waals surface area (Å²) in [5, 5.41) is 2.53. The highest BCUT2D eigenvalue weighted by atomic mass is 16.1. The number of hydrogen-bond donors (Lipinski definition) is 1. The minimum absolute atomic E-state index is 0.591. The molecule has 1 aromatic heterocycles. The third kappa shape index (κ3) is 2.49. The van der Waals surface area contributed by atoms with E-state index < -0.39 is 0 Å². The standard InChI is InChI=1S/C11H16N4O/c1-14-4-6-15(7-5-14)10-2-3-11(12-8-10)13-9-16/h2-3,8-9H,4-7H2,1H3,(H,12,13,16). The van der Waals surface area contributed by atoms with Gasteiger partial charge in [0.15, 0.2) is 0 Å². The molecule has 0 radical (unpaired) electrons. The highest BCUT2D eigenvalue weighted by molar-refractivity contribution is 5.69. The van der Waals surface area contributed by atoms with Crippen LogP contribution in [0.1, 0.15) is 0 Å². The van der Waals surface area contributed by atoms with Gasteiger partial charge in [0.05, 0.1) is 11.9 Å². The van der Waals surface area contributed by atoms with Crippen molar-refractivity contribution in [3.8, 4) is 0 Å². The summed E-state index contributed by atoms with van der Waals surface area (Å²) in [4.78, 5) is 19.0. The molecule has 16 heavy (non-hydrogen) atoms. The molecule has 0 atom stereocenters. The number of anilines is 2. The van der Waals surface area contributed by atoms with Crippen LogP contribution in [0.3, 0.4) is 0 Å². The lowest BCUT2D eigenvalue weighted by atomic mass is 10.3. The first-order valence-electron chi connectivity index (χ1n) is 5.39. The first-order valence-corrected chi connectivity index (χ1v) is 5.39. The van der Waals surface area contributed by atoms with Crippen molar-refractivity contribution in [2.75, 3.05) is 43.4 Å².